The van der Waals surface area contributed by atoms with Crippen molar-refractivity contribution in [1.82, 2.24) is 0 Å². The molecule has 1 rings (SSSR count). The number of benzene rings is 1. The van der Waals surface area contributed by atoms with Gasteiger partial charge >= 0.3 is 6.18 Å². The van der Waals surface area contributed by atoms with Gasteiger partial charge in [0.25, 0.3) is 0 Å². The molecule has 0 aromatic heterocycles. The van der Waals surface area contributed by atoms with Gasteiger partial charge in [0.1, 0.15) is 0 Å². The van der Waals surface area contributed by atoms with Crippen molar-refractivity contribution < 1.29 is 18.0 Å². The standard InChI is InChI=1S/C13H14BrF3O/c1-4-12(2,3)11(18)9-6-5-8(14)7-10(9)13(15,16)17/h5-7H,4H2,1-3H3. The molecule has 0 aliphatic rings. The number of hydrogen-bond donors (Lipinski definition) is 0. The zero-order chi connectivity index (χ0) is 14.1. The van der Waals surface area contributed by atoms with Crippen LogP contribution in [-0.2, 0) is 6.18 Å². The highest BCUT2D eigenvalue weighted by Gasteiger charge is 2.38. The SMILES string of the molecule is CCC(C)(C)C(=O)c1ccc(Br)cc1C(F)(F)F. The van der Waals surface area contributed by atoms with E-state index >= 15 is 0 Å². The number of halogens is 4. The second kappa shape index (κ2) is 5.03. The topological polar surface area (TPSA) is 17.1 Å². The van der Waals surface area contributed by atoms with E-state index in [0.29, 0.717) is 10.9 Å². The third-order valence-corrected chi connectivity index (χ3v) is 3.52. The molecule has 5 heteroatoms. The Morgan fingerprint density at radius 3 is 2.28 bits per heavy atom. The van der Waals surface area contributed by atoms with Crippen LogP contribution < -0.4 is 0 Å². The summed E-state index contributed by atoms with van der Waals surface area (Å²) in [5.74, 6) is -0.482. The second-order valence-electron chi connectivity index (χ2n) is 4.75. The fourth-order valence-corrected chi connectivity index (χ4v) is 1.84. The lowest BCUT2D eigenvalue weighted by molar-refractivity contribution is -0.138. The third-order valence-electron chi connectivity index (χ3n) is 3.03. The predicted octanol–water partition coefficient (Wildman–Crippen LogP) is 5.09. The fourth-order valence-electron chi connectivity index (χ4n) is 1.47. The molecule has 0 unspecified atom stereocenters. The molecule has 0 amide bonds. The first-order valence-electron chi connectivity index (χ1n) is 5.51. The molecule has 1 nitrogen and oxygen atoms in total. The monoisotopic (exact) mass is 322 g/mol. The first kappa shape index (κ1) is 15.2. The van der Waals surface area contributed by atoms with Crippen molar-refractivity contribution in [3.63, 3.8) is 0 Å². The summed E-state index contributed by atoms with van der Waals surface area (Å²) in [6.45, 7) is 5.08. The van der Waals surface area contributed by atoms with Gasteiger partial charge in [-0.05, 0) is 24.6 Å². The molecule has 0 aliphatic carbocycles. The molecule has 0 saturated carbocycles. The van der Waals surface area contributed by atoms with Gasteiger partial charge in [-0.15, -0.1) is 0 Å². The molecule has 1 aromatic rings. The summed E-state index contributed by atoms with van der Waals surface area (Å²) in [6.07, 6.45) is -4.04. The molecule has 1 aromatic carbocycles. The molecule has 0 radical (unpaired) electrons. The van der Waals surface area contributed by atoms with Gasteiger partial charge in [-0.3, -0.25) is 4.79 Å². The van der Waals surface area contributed by atoms with Crippen molar-refractivity contribution in [2.24, 2.45) is 5.41 Å². The van der Waals surface area contributed by atoms with Gasteiger partial charge in [0.15, 0.2) is 5.78 Å². The summed E-state index contributed by atoms with van der Waals surface area (Å²) in [5.41, 5.74) is -1.95. The summed E-state index contributed by atoms with van der Waals surface area (Å²) in [6, 6.07) is 3.62. The van der Waals surface area contributed by atoms with Crippen LogP contribution in [0.4, 0.5) is 13.2 Å². The van der Waals surface area contributed by atoms with Crippen molar-refractivity contribution in [2.45, 2.75) is 33.4 Å². The zero-order valence-corrected chi connectivity index (χ0v) is 11.9. The normalized spacial score (nSPS) is 12.6. The molecule has 0 heterocycles. The molecule has 0 spiro atoms. The van der Waals surface area contributed by atoms with E-state index in [2.05, 4.69) is 15.9 Å². The van der Waals surface area contributed by atoms with Crippen LogP contribution >= 0.6 is 15.9 Å². The molecule has 0 fully saturated rings. The number of Topliss-reactive ketones (excluding diaryl/α,β-unsaturated/α-hetero) is 1. The van der Waals surface area contributed by atoms with Crippen LogP contribution in [-0.4, -0.2) is 5.78 Å². The van der Waals surface area contributed by atoms with Gasteiger partial charge in [-0.1, -0.05) is 36.7 Å². The summed E-state index contributed by atoms with van der Waals surface area (Å²) in [5, 5.41) is 0. The van der Waals surface area contributed by atoms with Crippen LogP contribution in [0, 0.1) is 5.41 Å². The largest absolute Gasteiger partial charge is 0.417 e. The van der Waals surface area contributed by atoms with Gasteiger partial charge in [0, 0.05) is 15.5 Å². The van der Waals surface area contributed by atoms with Gasteiger partial charge in [-0.2, -0.15) is 13.2 Å². The van der Waals surface area contributed by atoms with E-state index in [1.807, 2.05) is 0 Å². The molecular formula is C13H14BrF3O. The average molecular weight is 323 g/mol. The second-order valence-corrected chi connectivity index (χ2v) is 5.67. The molecule has 0 bridgehead atoms. The molecule has 0 saturated heterocycles. The van der Waals surface area contributed by atoms with E-state index in [0.717, 1.165) is 6.07 Å². The Morgan fingerprint density at radius 2 is 1.83 bits per heavy atom. The Kier molecular flexibility index (Phi) is 4.26. The van der Waals surface area contributed by atoms with Gasteiger partial charge in [-0.25, -0.2) is 0 Å². The maximum absolute atomic E-state index is 12.9. The van der Waals surface area contributed by atoms with E-state index in [1.165, 1.54) is 12.1 Å². The number of carbonyl (C=O) groups excluding carboxylic acids is 1. The average Bonchev–Trinajstić information content (AvgIpc) is 2.27. The smallest absolute Gasteiger partial charge is 0.294 e. The Balaban J connectivity index is 3.38. The van der Waals surface area contributed by atoms with Crippen LogP contribution in [0.3, 0.4) is 0 Å². The fraction of sp³-hybridized carbons (Fsp3) is 0.462. The van der Waals surface area contributed by atoms with Crippen molar-refractivity contribution in [2.75, 3.05) is 0 Å². The Hall–Kier alpha value is -0.840. The van der Waals surface area contributed by atoms with E-state index in [1.54, 1.807) is 20.8 Å². The lowest BCUT2D eigenvalue weighted by Crippen LogP contribution is -2.26. The minimum Gasteiger partial charge on any atom is -0.294 e. The van der Waals surface area contributed by atoms with Crippen LogP contribution in [0.25, 0.3) is 0 Å². The van der Waals surface area contributed by atoms with Crippen LogP contribution in [0.2, 0.25) is 0 Å². The van der Waals surface area contributed by atoms with Crippen molar-refractivity contribution in [1.29, 1.82) is 0 Å². The quantitative estimate of drug-likeness (QED) is 0.708. The molecule has 0 N–H and O–H groups in total. The lowest BCUT2D eigenvalue weighted by Gasteiger charge is -2.23. The van der Waals surface area contributed by atoms with E-state index < -0.39 is 22.9 Å². The molecule has 100 valence electrons. The molecule has 0 atom stereocenters. The molecule has 18 heavy (non-hydrogen) atoms. The molecule has 0 aliphatic heterocycles. The number of rotatable bonds is 3. The van der Waals surface area contributed by atoms with E-state index in [4.69, 9.17) is 0 Å². The number of carbonyl (C=O) groups is 1. The highest BCUT2D eigenvalue weighted by molar-refractivity contribution is 9.10. The highest BCUT2D eigenvalue weighted by atomic mass is 79.9. The van der Waals surface area contributed by atoms with Crippen LogP contribution in [0.5, 0.6) is 0 Å². The number of ketones is 1. The van der Waals surface area contributed by atoms with E-state index in [9.17, 15) is 18.0 Å². The minimum atomic E-state index is -4.53. The van der Waals surface area contributed by atoms with Crippen molar-refractivity contribution >= 4 is 21.7 Å². The summed E-state index contributed by atoms with van der Waals surface area (Å²) in [4.78, 5) is 12.2. The van der Waals surface area contributed by atoms with Gasteiger partial charge in [0.05, 0.1) is 5.56 Å². The van der Waals surface area contributed by atoms with Crippen molar-refractivity contribution in [3.05, 3.63) is 33.8 Å². The maximum Gasteiger partial charge on any atom is 0.417 e. The predicted molar refractivity (Wildman–Crippen MR) is 67.5 cm³/mol. The summed E-state index contributed by atoms with van der Waals surface area (Å²) < 4.78 is 39.0. The molecular weight excluding hydrogens is 309 g/mol. The Bertz CT molecular complexity index is 464. The number of hydrogen-bond acceptors (Lipinski definition) is 1. The van der Waals surface area contributed by atoms with Gasteiger partial charge in [0.2, 0.25) is 0 Å². The minimum absolute atomic E-state index is 0.266. The maximum atomic E-state index is 12.9. The highest BCUT2D eigenvalue weighted by Crippen LogP contribution is 2.37. The van der Waals surface area contributed by atoms with Crippen LogP contribution in [0.1, 0.15) is 43.1 Å². The third kappa shape index (κ3) is 3.13. The Labute approximate surface area is 113 Å². The Morgan fingerprint density at radius 1 is 1.28 bits per heavy atom. The van der Waals surface area contributed by atoms with E-state index in [-0.39, 0.29) is 5.56 Å². The van der Waals surface area contributed by atoms with Gasteiger partial charge < -0.3 is 0 Å². The summed E-state index contributed by atoms with van der Waals surface area (Å²) in [7, 11) is 0. The van der Waals surface area contributed by atoms with Crippen molar-refractivity contribution in [3.8, 4) is 0 Å². The van der Waals surface area contributed by atoms with Crippen LogP contribution in [0.15, 0.2) is 22.7 Å². The first-order chi connectivity index (χ1) is 8.09. The summed E-state index contributed by atoms with van der Waals surface area (Å²) >= 11 is 2.99. The first-order valence-corrected chi connectivity index (χ1v) is 6.30. The lowest BCUT2D eigenvalue weighted by atomic mass is 9.80. The zero-order valence-electron chi connectivity index (χ0n) is 10.4. The number of alkyl halides is 3.